The number of aryl methyl sites for hydroxylation is 1. The zero-order valence-electron chi connectivity index (χ0n) is 23.4. The molecule has 0 aliphatic heterocycles. The lowest BCUT2D eigenvalue weighted by Crippen LogP contribution is -2.12. The van der Waals surface area contributed by atoms with Crippen LogP contribution in [0.5, 0.6) is 0 Å². The molecule has 0 spiro atoms. The zero-order chi connectivity index (χ0) is 28.3. The minimum Gasteiger partial charge on any atom is -0.311 e. The molecule has 2 aromatic heterocycles. The zero-order valence-corrected chi connectivity index (χ0v) is 23.4. The summed E-state index contributed by atoms with van der Waals surface area (Å²) in [5, 5.41) is 0. The lowest BCUT2D eigenvalue weighted by atomic mass is 10.1. The molecule has 5 aromatic carbocycles. The summed E-state index contributed by atoms with van der Waals surface area (Å²) in [4.78, 5) is 9.46. The Hall–Kier alpha value is -5.61. The normalized spacial score (nSPS) is 11.0. The molecule has 0 amide bonds. The van der Waals surface area contributed by atoms with E-state index in [1.54, 1.807) is 0 Å². The maximum atomic E-state index is 4.89. The van der Waals surface area contributed by atoms with Gasteiger partial charge in [-0.05, 0) is 91.3 Å². The number of fused-ring (bicyclic) bond motifs is 1. The van der Waals surface area contributed by atoms with Crippen molar-refractivity contribution in [2.24, 2.45) is 0 Å². The first-order valence-electron chi connectivity index (χ1n) is 14.1. The van der Waals surface area contributed by atoms with Crippen molar-refractivity contribution < 1.29 is 0 Å². The van der Waals surface area contributed by atoms with Gasteiger partial charge in [0.2, 0.25) is 0 Å². The Kier molecular flexibility index (Phi) is 6.71. The SMILES string of the molecule is Cc1cccn2cc(-c3ccc(N(c4ccccc4)c4ccc(N(c5ccccc5)c5ccccc5)cc4)cc3)nc12. The van der Waals surface area contributed by atoms with Crippen LogP contribution in [0.25, 0.3) is 16.9 Å². The molecular formula is C38H30N4. The molecular weight excluding hydrogens is 512 g/mol. The van der Waals surface area contributed by atoms with Gasteiger partial charge in [0, 0.05) is 52.1 Å². The predicted molar refractivity (Wildman–Crippen MR) is 175 cm³/mol. The van der Waals surface area contributed by atoms with Gasteiger partial charge >= 0.3 is 0 Å². The van der Waals surface area contributed by atoms with Crippen molar-refractivity contribution in [1.82, 2.24) is 9.38 Å². The van der Waals surface area contributed by atoms with E-state index in [1.807, 2.05) is 6.20 Å². The highest BCUT2D eigenvalue weighted by Gasteiger charge is 2.16. The third kappa shape index (κ3) is 4.91. The van der Waals surface area contributed by atoms with Crippen molar-refractivity contribution in [2.75, 3.05) is 9.80 Å². The standard InChI is InChI=1S/C38H30N4/c1-29-12-11-27-40-28-37(39-38(29)40)30-19-21-34(22-20-30)42(33-17-9-4-10-18-33)36-25-23-35(24-26-36)41(31-13-5-2-6-14-31)32-15-7-3-8-16-32/h2-28H,1H3. The summed E-state index contributed by atoms with van der Waals surface area (Å²) in [5.41, 5.74) is 10.8. The fourth-order valence-corrected chi connectivity index (χ4v) is 5.45. The van der Waals surface area contributed by atoms with Crippen molar-refractivity contribution in [3.63, 3.8) is 0 Å². The molecule has 202 valence electrons. The predicted octanol–water partition coefficient (Wildman–Crippen LogP) is 10.2. The fraction of sp³-hybridized carbons (Fsp3) is 0.0263. The van der Waals surface area contributed by atoms with E-state index in [-0.39, 0.29) is 0 Å². The van der Waals surface area contributed by atoms with Crippen molar-refractivity contribution in [3.8, 4) is 11.3 Å². The van der Waals surface area contributed by atoms with Crippen LogP contribution >= 0.6 is 0 Å². The lowest BCUT2D eigenvalue weighted by molar-refractivity contribution is 1.16. The first-order valence-corrected chi connectivity index (χ1v) is 14.1. The van der Waals surface area contributed by atoms with Crippen LogP contribution < -0.4 is 9.80 Å². The van der Waals surface area contributed by atoms with E-state index in [9.17, 15) is 0 Å². The van der Waals surface area contributed by atoms with E-state index < -0.39 is 0 Å². The van der Waals surface area contributed by atoms with Gasteiger partial charge < -0.3 is 14.2 Å². The van der Waals surface area contributed by atoms with Gasteiger partial charge in [-0.2, -0.15) is 0 Å². The maximum absolute atomic E-state index is 4.89. The highest BCUT2D eigenvalue weighted by atomic mass is 15.2. The minimum atomic E-state index is 0.966. The first-order chi connectivity index (χ1) is 20.7. The van der Waals surface area contributed by atoms with E-state index in [1.165, 1.54) is 0 Å². The number of hydrogen-bond donors (Lipinski definition) is 0. The number of pyridine rings is 1. The van der Waals surface area contributed by atoms with E-state index in [0.29, 0.717) is 0 Å². The van der Waals surface area contributed by atoms with Crippen LogP contribution in [0.15, 0.2) is 164 Å². The van der Waals surface area contributed by atoms with Crippen LogP contribution in [-0.2, 0) is 0 Å². The second kappa shape index (κ2) is 11.1. The second-order valence-corrected chi connectivity index (χ2v) is 10.3. The van der Waals surface area contributed by atoms with E-state index >= 15 is 0 Å². The average Bonchev–Trinajstić information content (AvgIpc) is 3.50. The van der Waals surface area contributed by atoms with Crippen LogP contribution in [0.3, 0.4) is 0 Å². The molecule has 0 bridgehead atoms. The number of para-hydroxylation sites is 3. The Morgan fingerprint density at radius 2 is 0.857 bits per heavy atom. The number of anilines is 6. The van der Waals surface area contributed by atoms with Gasteiger partial charge in [0.15, 0.2) is 0 Å². The lowest BCUT2D eigenvalue weighted by Gasteiger charge is -2.28. The van der Waals surface area contributed by atoms with Crippen molar-refractivity contribution >= 4 is 39.8 Å². The van der Waals surface area contributed by atoms with Crippen LogP contribution in [0, 0.1) is 6.92 Å². The fourth-order valence-electron chi connectivity index (χ4n) is 5.45. The average molecular weight is 543 g/mol. The molecule has 0 saturated carbocycles. The Bertz CT molecular complexity index is 1870. The topological polar surface area (TPSA) is 23.8 Å². The van der Waals surface area contributed by atoms with Gasteiger partial charge in [-0.1, -0.05) is 72.8 Å². The molecule has 7 rings (SSSR count). The molecule has 0 aliphatic carbocycles. The monoisotopic (exact) mass is 542 g/mol. The Morgan fingerprint density at radius 1 is 0.452 bits per heavy atom. The molecule has 42 heavy (non-hydrogen) atoms. The number of hydrogen-bond acceptors (Lipinski definition) is 3. The van der Waals surface area contributed by atoms with Gasteiger partial charge in [0.25, 0.3) is 0 Å². The Balaban J connectivity index is 1.25. The number of benzene rings is 5. The molecule has 2 heterocycles. The third-order valence-electron chi connectivity index (χ3n) is 7.51. The quantitative estimate of drug-likeness (QED) is 0.200. The summed E-state index contributed by atoms with van der Waals surface area (Å²) in [6, 6.07) is 53.1. The van der Waals surface area contributed by atoms with Crippen molar-refractivity contribution in [3.05, 3.63) is 170 Å². The van der Waals surface area contributed by atoms with Crippen molar-refractivity contribution in [2.45, 2.75) is 6.92 Å². The van der Waals surface area contributed by atoms with Crippen LogP contribution in [0.1, 0.15) is 5.56 Å². The molecule has 4 heteroatoms. The van der Waals surface area contributed by atoms with Gasteiger partial charge in [-0.25, -0.2) is 4.98 Å². The Morgan fingerprint density at radius 3 is 1.29 bits per heavy atom. The third-order valence-corrected chi connectivity index (χ3v) is 7.51. The molecule has 0 N–H and O–H groups in total. The summed E-state index contributed by atoms with van der Waals surface area (Å²) < 4.78 is 2.09. The van der Waals surface area contributed by atoms with Gasteiger partial charge in [0.1, 0.15) is 5.65 Å². The molecule has 4 nitrogen and oxygen atoms in total. The highest BCUT2D eigenvalue weighted by Crippen LogP contribution is 2.39. The number of rotatable bonds is 7. The van der Waals surface area contributed by atoms with Crippen LogP contribution in [0.4, 0.5) is 34.1 Å². The van der Waals surface area contributed by atoms with Crippen molar-refractivity contribution in [1.29, 1.82) is 0 Å². The molecule has 0 fully saturated rings. The molecule has 0 unspecified atom stereocenters. The molecule has 0 radical (unpaired) electrons. The smallest absolute Gasteiger partial charge is 0.140 e. The molecule has 0 aliphatic rings. The Labute approximate surface area is 246 Å². The van der Waals surface area contributed by atoms with Crippen LogP contribution in [0.2, 0.25) is 0 Å². The maximum Gasteiger partial charge on any atom is 0.140 e. The molecule has 0 saturated heterocycles. The first kappa shape index (κ1) is 25.4. The second-order valence-electron chi connectivity index (χ2n) is 10.3. The number of imidazole rings is 1. The largest absolute Gasteiger partial charge is 0.311 e. The number of nitrogens with zero attached hydrogens (tertiary/aromatic N) is 4. The van der Waals surface area contributed by atoms with Crippen LogP contribution in [-0.4, -0.2) is 9.38 Å². The summed E-state index contributed by atoms with van der Waals surface area (Å²) >= 11 is 0. The summed E-state index contributed by atoms with van der Waals surface area (Å²) in [6.07, 6.45) is 4.14. The molecule has 0 atom stereocenters. The van der Waals surface area contributed by atoms with E-state index in [4.69, 9.17) is 4.98 Å². The number of aromatic nitrogens is 2. The summed E-state index contributed by atoms with van der Waals surface area (Å²) in [6.45, 7) is 2.09. The van der Waals surface area contributed by atoms with Gasteiger partial charge in [0.05, 0.1) is 5.69 Å². The van der Waals surface area contributed by atoms with E-state index in [0.717, 1.165) is 56.6 Å². The highest BCUT2D eigenvalue weighted by molar-refractivity contribution is 5.81. The van der Waals surface area contributed by atoms with Gasteiger partial charge in [-0.3, -0.25) is 0 Å². The summed E-state index contributed by atoms with van der Waals surface area (Å²) in [5.74, 6) is 0. The van der Waals surface area contributed by atoms with E-state index in [2.05, 4.69) is 179 Å². The minimum absolute atomic E-state index is 0.966. The molecule has 7 aromatic rings. The van der Waals surface area contributed by atoms with Gasteiger partial charge in [-0.15, -0.1) is 0 Å². The summed E-state index contributed by atoms with van der Waals surface area (Å²) in [7, 11) is 0.